The lowest BCUT2D eigenvalue weighted by molar-refractivity contribution is 0.375. The Labute approximate surface area is 297 Å². The third-order valence-electron chi connectivity index (χ3n) is 11.4. The van der Waals surface area contributed by atoms with Gasteiger partial charge in [-0.15, -0.1) is 0 Å². The minimum Gasteiger partial charge on any atom is -0.0763 e. The fraction of sp³-hybridized carbons (Fsp3) is 0.512. The van der Waals surface area contributed by atoms with Crippen molar-refractivity contribution in [3.05, 3.63) is 117 Å². The molecule has 2 unspecified atom stereocenters. The second-order valence-electron chi connectivity index (χ2n) is 20.8. The Balaban J connectivity index is 2.58. The molecule has 0 saturated heterocycles. The van der Waals surface area contributed by atoms with E-state index in [1.807, 2.05) is 10.4 Å². The summed E-state index contributed by atoms with van der Waals surface area (Å²) in [7, 11) is -11.4. The van der Waals surface area contributed by atoms with Crippen molar-refractivity contribution < 1.29 is 0 Å². The van der Waals surface area contributed by atoms with Gasteiger partial charge in [0.2, 0.25) is 0 Å². The Bertz CT molecular complexity index is 1480. The van der Waals surface area contributed by atoms with Crippen LogP contribution in [0.5, 0.6) is 0 Å². The first-order valence-corrected chi connectivity index (χ1v) is 39.1. The fourth-order valence-corrected chi connectivity index (χ4v) is 33.5. The highest BCUT2D eigenvalue weighted by atomic mass is 28.3. The SMILES string of the molecule is C[Si](C)(C)C1=C([Si](C)(C)C)C(C(c2ccccc2)(c2ccccc2)C2([Si](C)(C)C)C=CC([Si](C)(C)C)=C2[Si](C)(C)C)([Si](C)(C)C)C=C1. The molecule has 0 nitrogen and oxygen atoms in total. The molecule has 0 amide bonds. The predicted molar refractivity (Wildman–Crippen MR) is 231 cm³/mol. The highest BCUT2D eigenvalue weighted by Crippen LogP contribution is 2.80. The smallest absolute Gasteiger partial charge is 0.0763 e. The van der Waals surface area contributed by atoms with Gasteiger partial charge in [-0.05, 0) is 11.1 Å². The van der Waals surface area contributed by atoms with Gasteiger partial charge in [-0.1, -0.05) is 224 Å². The van der Waals surface area contributed by atoms with E-state index in [1.165, 1.54) is 11.1 Å². The van der Waals surface area contributed by atoms with Crippen molar-refractivity contribution in [2.24, 2.45) is 0 Å². The second kappa shape index (κ2) is 11.9. The molecule has 0 saturated carbocycles. The van der Waals surface area contributed by atoms with Crippen molar-refractivity contribution in [3.8, 4) is 0 Å². The Kier molecular flexibility index (Phi) is 9.75. The van der Waals surface area contributed by atoms with E-state index >= 15 is 0 Å². The van der Waals surface area contributed by atoms with Crippen LogP contribution in [0.2, 0.25) is 128 Å². The largest absolute Gasteiger partial charge is 0.0770 e. The van der Waals surface area contributed by atoms with E-state index < -0.39 is 48.4 Å². The third-order valence-corrected chi connectivity index (χ3v) is 27.1. The Hall–Kier alpha value is -1.30. The molecule has 0 aromatic heterocycles. The van der Waals surface area contributed by atoms with Gasteiger partial charge in [-0.3, -0.25) is 0 Å². The van der Waals surface area contributed by atoms with Crippen molar-refractivity contribution in [3.63, 3.8) is 0 Å². The van der Waals surface area contributed by atoms with Gasteiger partial charge in [-0.25, -0.2) is 0 Å². The molecule has 2 atom stereocenters. The van der Waals surface area contributed by atoms with Crippen LogP contribution < -0.4 is 0 Å². The molecule has 6 heteroatoms. The van der Waals surface area contributed by atoms with Gasteiger partial charge in [0.25, 0.3) is 0 Å². The molecule has 0 aliphatic heterocycles. The Morgan fingerprint density at radius 2 is 0.660 bits per heavy atom. The molecule has 0 fully saturated rings. The van der Waals surface area contributed by atoms with E-state index in [4.69, 9.17) is 0 Å². The minimum atomic E-state index is -2.11. The maximum absolute atomic E-state index is 2.88. The van der Waals surface area contributed by atoms with Crippen LogP contribution in [-0.2, 0) is 5.41 Å². The van der Waals surface area contributed by atoms with Gasteiger partial charge in [0.1, 0.15) is 0 Å². The molecule has 2 aliphatic rings. The van der Waals surface area contributed by atoms with E-state index in [0.717, 1.165) is 0 Å². The van der Waals surface area contributed by atoms with Gasteiger partial charge in [0.05, 0.1) is 48.4 Å². The minimum absolute atomic E-state index is 0.104. The number of benzene rings is 2. The van der Waals surface area contributed by atoms with Gasteiger partial charge >= 0.3 is 0 Å². The van der Waals surface area contributed by atoms with E-state index in [-0.39, 0.29) is 15.5 Å². The van der Waals surface area contributed by atoms with Crippen molar-refractivity contribution in [1.82, 2.24) is 0 Å². The molecular weight excluding hydrogens is 661 g/mol. The van der Waals surface area contributed by atoms with Crippen LogP contribution in [0.1, 0.15) is 11.1 Å². The first-order chi connectivity index (χ1) is 21.1. The molecule has 2 aromatic rings. The molecular formula is C41H68Si6. The second-order valence-corrected chi connectivity index (χ2v) is 51.5. The van der Waals surface area contributed by atoms with E-state index in [1.54, 1.807) is 10.4 Å². The van der Waals surface area contributed by atoms with E-state index in [0.29, 0.717) is 0 Å². The van der Waals surface area contributed by atoms with Crippen LogP contribution in [0.3, 0.4) is 0 Å². The van der Waals surface area contributed by atoms with Crippen LogP contribution in [-0.4, -0.2) is 48.4 Å². The maximum Gasteiger partial charge on any atom is 0.0770 e. The molecule has 0 bridgehead atoms. The Morgan fingerprint density at radius 1 is 0.383 bits per heavy atom. The average Bonchev–Trinajstić information content (AvgIpc) is 3.53. The van der Waals surface area contributed by atoms with Gasteiger partial charge in [0, 0.05) is 15.5 Å². The number of hydrogen-bond acceptors (Lipinski definition) is 0. The van der Waals surface area contributed by atoms with E-state index in [2.05, 4.69) is 203 Å². The van der Waals surface area contributed by atoms with E-state index in [9.17, 15) is 0 Å². The summed E-state index contributed by atoms with van der Waals surface area (Å²) in [5, 5.41) is 7.08. The summed E-state index contributed by atoms with van der Waals surface area (Å²) in [5.74, 6) is 0. The van der Waals surface area contributed by atoms with Crippen LogP contribution in [0.25, 0.3) is 0 Å². The Morgan fingerprint density at radius 3 is 0.872 bits per heavy atom. The summed E-state index contributed by atoms with van der Waals surface area (Å²) >= 11 is 0. The van der Waals surface area contributed by atoms with Gasteiger partial charge in [0.15, 0.2) is 0 Å². The molecule has 0 heterocycles. The summed E-state index contributed by atoms with van der Waals surface area (Å²) in [4.78, 5) is 0. The normalized spacial score (nSPS) is 23.4. The monoisotopic (exact) mass is 728 g/mol. The predicted octanol–water partition coefficient (Wildman–Crippen LogP) is 13.4. The van der Waals surface area contributed by atoms with Crippen molar-refractivity contribution >= 4 is 48.4 Å². The summed E-state index contributed by atoms with van der Waals surface area (Å²) in [6.45, 7) is 48.2. The van der Waals surface area contributed by atoms with Crippen molar-refractivity contribution in [1.29, 1.82) is 0 Å². The quantitative estimate of drug-likeness (QED) is 0.214. The summed E-state index contributed by atoms with van der Waals surface area (Å²) < 4.78 is 0. The highest BCUT2D eigenvalue weighted by molar-refractivity contribution is 6.96. The number of hydrogen-bond donors (Lipinski definition) is 0. The fourth-order valence-electron chi connectivity index (χ4n) is 10.2. The van der Waals surface area contributed by atoms with Crippen LogP contribution in [0.4, 0.5) is 0 Å². The van der Waals surface area contributed by atoms with Crippen LogP contribution in [0, 0.1) is 0 Å². The zero-order chi connectivity index (χ0) is 35.9. The zero-order valence-electron chi connectivity index (χ0n) is 33.6. The van der Waals surface area contributed by atoms with Gasteiger partial charge < -0.3 is 0 Å². The topological polar surface area (TPSA) is 0 Å². The lowest BCUT2D eigenvalue weighted by Crippen LogP contribution is -2.67. The summed E-state index contributed by atoms with van der Waals surface area (Å²) in [5.41, 5.74) is 2.77. The highest BCUT2D eigenvalue weighted by Gasteiger charge is 2.75. The summed E-state index contributed by atoms with van der Waals surface area (Å²) in [6.07, 6.45) is 11.2. The number of allylic oxidation sites excluding steroid dienone is 8. The first-order valence-electron chi connectivity index (χ1n) is 18.1. The molecule has 256 valence electrons. The first kappa shape index (κ1) is 38.5. The number of rotatable bonds is 10. The lowest BCUT2D eigenvalue weighted by Gasteiger charge is -2.69. The van der Waals surface area contributed by atoms with Crippen LogP contribution in [0.15, 0.2) is 106 Å². The maximum atomic E-state index is 2.88. The molecule has 0 radical (unpaired) electrons. The molecule has 0 N–H and O–H groups in total. The molecule has 2 aliphatic carbocycles. The van der Waals surface area contributed by atoms with Crippen LogP contribution >= 0.6 is 0 Å². The summed E-state index contributed by atoms with van der Waals surface area (Å²) in [6, 6.07) is 24.2. The van der Waals surface area contributed by atoms with Gasteiger partial charge in [-0.2, -0.15) is 0 Å². The van der Waals surface area contributed by atoms with Crippen molar-refractivity contribution in [2.75, 3.05) is 0 Å². The average molecular weight is 730 g/mol. The molecule has 4 rings (SSSR count). The third kappa shape index (κ3) is 5.78. The zero-order valence-corrected chi connectivity index (χ0v) is 39.6. The lowest BCUT2D eigenvalue weighted by atomic mass is 9.57. The standard InChI is InChI=1S/C41H68Si6/c1-42(2,3)35-29-31-39(46(13,14)15,37(35)44(7,8)9)41(33-25-21-19-22-26-33,34-27-23-20-24-28-34)40(47(16,17)18)32-30-36(43(4,5)6)38(40)45(10,11)12/h19-32H,1-18H3. The molecule has 2 aromatic carbocycles. The molecule has 47 heavy (non-hydrogen) atoms. The molecule has 0 spiro atoms. The van der Waals surface area contributed by atoms with Crippen molar-refractivity contribution in [2.45, 2.75) is 133 Å².